The first-order chi connectivity index (χ1) is 8.08. The van der Waals surface area contributed by atoms with Crippen molar-refractivity contribution in [2.75, 3.05) is 5.32 Å². The Kier molecular flexibility index (Phi) is 3.19. The van der Waals surface area contributed by atoms with Crippen molar-refractivity contribution < 1.29 is 8.78 Å². The van der Waals surface area contributed by atoms with E-state index in [2.05, 4.69) is 15.5 Å². The van der Waals surface area contributed by atoms with Crippen LogP contribution in [0.25, 0.3) is 0 Å². The van der Waals surface area contributed by atoms with Gasteiger partial charge in [0.15, 0.2) is 16.8 Å². The lowest BCUT2D eigenvalue weighted by molar-refractivity contribution is 0.584. The third kappa shape index (κ3) is 2.50. The molecule has 0 saturated heterocycles. The molecule has 2 aromatic rings. The zero-order valence-corrected chi connectivity index (χ0v) is 9.59. The standard InChI is InChI=1S/C11H8ClF2N3/c1-6-2-3-7(13)11(10(6)14)15-9-5-4-8(12)16-17-9/h2-5H,1H3,(H,15,17). The molecule has 0 bridgehead atoms. The first-order valence-corrected chi connectivity index (χ1v) is 5.16. The van der Waals surface area contributed by atoms with E-state index in [0.717, 1.165) is 0 Å². The van der Waals surface area contributed by atoms with Gasteiger partial charge in [-0.3, -0.25) is 0 Å². The molecule has 0 spiro atoms. The Morgan fingerprint density at radius 1 is 1.12 bits per heavy atom. The van der Waals surface area contributed by atoms with Crippen LogP contribution < -0.4 is 5.32 Å². The first kappa shape index (κ1) is 11.7. The van der Waals surface area contributed by atoms with Gasteiger partial charge in [0.2, 0.25) is 0 Å². The van der Waals surface area contributed by atoms with Crippen LogP contribution >= 0.6 is 11.6 Å². The van der Waals surface area contributed by atoms with Crippen molar-refractivity contribution in [1.82, 2.24) is 10.2 Å². The maximum Gasteiger partial charge on any atom is 0.153 e. The molecule has 0 atom stereocenters. The second-order valence-corrected chi connectivity index (χ2v) is 3.81. The molecular weight excluding hydrogens is 248 g/mol. The van der Waals surface area contributed by atoms with Crippen molar-refractivity contribution in [3.63, 3.8) is 0 Å². The van der Waals surface area contributed by atoms with Crippen molar-refractivity contribution in [3.8, 4) is 0 Å². The molecule has 0 aliphatic heterocycles. The van der Waals surface area contributed by atoms with Gasteiger partial charge in [-0.1, -0.05) is 17.7 Å². The second-order valence-electron chi connectivity index (χ2n) is 3.42. The van der Waals surface area contributed by atoms with E-state index in [1.807, 2.05) is 0 Å². The molecule has 0 aliphatic rings. The molecular formula is C11H8ClF2N3. The molecule has 6 heteroatoms. The van der Waals surface area contributed by atoms with Crippen LogP contribution in [0, 0.1) is 18.6 Å². The van der Waals surface area contributed by atoms with E-state index in [4.69, 9.17) is 11.6 Å². The Morgan fingerprint density at radius 3 is 2.53 bits per heavy atom. The molecule has 0 radical (unpaired) electrons. The van der Waals surface area contributed by atoms with E-state index < -0.39 is 11.6 Å². The number of hydrogen-bond acceptors (Lipinski definition) is 3. The summed E-state index contributed by atoms with van der Waals surface area (Å²) in [4.78, 5) is 0. The average Bonchev–Trinajstić information content (AvgIpc) is 2.32. The van der Waals surface area contributed by atoms with Crippen molar-refractivity contribution in [2.24, 2.45) is 0 Å². The minimum absolute atomic E-state index is 0.209. The topological polar surface area (TPSA) is 37.8 Å². The predicted octanol–water partition coefficient (Wildman–Crippen LogP) is 3.46. The summed E-state index contributed by atoms with van der Waals surface area (Å²) in [7, 11) is 0. The molecule has 1 aromatic carbocycles. The zero-order chi connectivity index (χ0) is 12.4. The van der Waals surface area contributed by atoms with Crippen LogP contribution in [0.1, 0.15) is 5.56 Å². The van der Waals surface area contributed by atoms with Crippen molar-refractivity contribution in [3.05, 3.63) is 46.6 Å². The maximum absolute atomic E-state index is 13.7. The summed E-state index contributed by atoms with van der Waals surface area (Å²) in [5, 5.41) is 9.96. The number of hydrogen-bond donors (Lipinski definition) is 1. The molecule has 2 rings (SSSR count). The summed E-state index contributed by atoms with van der Waals surface area (Å²) in [6, 6.07) is 5.51. The number of aromatic nitrogens is 2. The van der Waals surface area contributed by atoms with Gasteiger partial charge in [0.1, 0.15) is 11.5 Å². The predicted molar refractivity (Wildman–Crippen MR) is 61.4 cm³/mol. The molecule has 88 valence electrons. The molecule has 0 fully saturated rings. The lowest BCUT2D eigenvalue weighted by Crippen LogP contribution is -2.01. The molecule has 0 saturated carbocycles. The minimum Gasteiger partial charge on any atom is -0.334 e. The molecule has 0 aliphatic carbocycles. The molecule has 0 unspecified atom stereocenters. The average molecular weight is 256 g/mol. The van der Waals surface area contributed by atoms with Crippen LogP contribution in [0.5, 0.6) is 0 Å². The van der Waals surface area contributed by atoms with Gasteiger partial charge in [-0.15, -0.1) is 10.2 Å². The van der Waals surface area contributed by atoms with E-state index in [1.165, 1.54) is 24.3 Å². The maximum atomic E-state index is 13.7. The van der Waals surface area contributed by atoms with Gasteiger partial charge in [-0.05, 0) is 30.7 Å². The van der Waals surface area contributed by atoms with Crippen LogP contribution in [0.15, 0.2) is 24.3 Å². The number of aryl methyl sites for hydroxylation is 1. The SMILES string of the molecule is Cc1ccc(F)c(Nc2ccc(Cl)nn2)c1F. The van der Waals surface area contributed by atoms with Crippen molar-refractivity contribution >= 4 is 23.1 Å². The Bertz CT molecular complexity index is 543. The normalized spacial score (nSPS) is 10.4. The molecule has 1 aromatic heterocycles. The van der Waals surface area contributed by atoms with Crippen molar-refractivity contribution in [2.45, 2.75) is 6.92 Å². The van der Waals surface area contributed by atoms with Gasteiger partial charge in [-0.2, -0.15) is 0 Å². The Balaban J connectivity index is 2.36. The van der Waals surface area contributed by atoms with Gasteiger partial charge in [0.05, 0.1) is 0 Å². The molecule has 1 heterocycles. The summed E-state index contributed by atoms with van der Waals surface area (Å²) < 4.78 is 27.1. The summed E-state index contributed by atoms with van der Waals surface area (Å²) in [5.74, 6) is -1.12. The molecule has 0 amide bonds. The largest absolute Gasteiger partial charge is 0.334 e. The van der Waals surface area contributed by atoms with E-state index in [9.17, 15) is 8.78 Å². The van der Waals surface area contributed by atoms with Crippen LogP contribution in [0.3, 0.4) is 0 Å². The summed E-state index contributed by atoms with van der Waals surface area (Å²) in [6.07, 6.45) is 0. The molecule has 1 N–H and O–H groups in total. The van der Waals surface area contributed by atoms with Gasteiger partial charge in [0.25, 0.3) is 0 Å². The Labute approximate surface area is 101 Å². The zero-order valence-electron chi connectivity index (χ0n) is 8.84. The number of halogens is 3. The molecule has 3 nitrogen and oxygen atoms in total. The van der Waals surface area contributed by atoms with Crippen LogP contribution in [-0.4, -0.2) is 10.2 Å². The second kappa shape index (κ2) is 4.63. The highest BCUT2D eigenvalue weighted by Gasteiger charge is 2.12. The fourth-order valence-corrected chi connectivity index (χ4v) is 1.38. The Hall–Kier alpha value is -1.75. The van der Waals surface area contributed by atoms with E-state index in [0.29, 0.717) is 5.56 Å². The number of rotatable bonds is 2. The van der Waals surface area contributed by atoms with Crippen molar-refractivity contribution in [1.29, 1.82) is 0 Å². The number of anilines is 2. The molecule has 17 heavy (non-hydrogen) atoms. The highest BCUT2D eigenvalue weighted by molar-refractivity contribution is 6.29. The highest BCUT2D eigenvalue weighted by Crippen LogP contribution is 2.24. The van der Waals surface area contributed by atoms with Gasteiger partial charge >= 0.3 is 0 Å². The lowest BCUT2D eigenvalue weighted by Gasteiger charge is -2.08. The summed E-state index contributed by atoms with van der Waals surface area (Å²) in [6.45, 7) is 1.55. The third-order valence-corrected chi connectivity index (χ3v) is 2.37. The number of benzene rings is 1. The quantitative estimate of drug-likeness (QED) is 0.893. The van der Waals surface area contributed by atoms with E-state index >= 15 is 0 Å². The fraction of sp³-hybridized carbons (Fsp3) is 0.0909. The minimum atomic E-state index is -0.690. The lowest BCUT2D eigenvalue weighted by atomic mass is 10.2. The third-order valence-electron chi connectivity index (χ3n) is 2.17. The summed E-state index contributed by atoms with van der Waals surface area (Å²) in [5.41, 5.74) is 0.0949. The van der Waals surface area contributed by atoms with Crippen LogP contribution in [0.4, 0.5) is 20.3 Å². The van der Waals surface area contributed by atoms with Gasteiger partial charge in [0, 0.05) is 0 Å². The highest BCUT2D eigenvalue weighted by atomic mass is 35.5. The number of nitrogens with zero attached hydrogens (tertiary/aromatic N) is 2. The Morgan fingerprint density at radius 2 is 1.88 bits per heavy atom. The fourth-order valence-electron chi connectivity index (χ4n) is 1.28. The van der Waals surface area contributed by atoms with E-state index in [-0.39, 0.29) is 16.7 Å². The monoisotopic (exact) mass is 255 g/mol. The summed E-state index contributed by atoms with van der Waals surface area (Å²) >= 11 is 5.55. The first-order valence-electron chi connectivity index (χ1n) is 4.79. The van der Waals surface area contributed by atoms with Gasteiger partial charge < -0.3 is 5.32 Å². The van der Waals surface area contributed by atoms with Crippen LogP contribution in [-0.2, 0) is 0 Å². The van der Waals surface area contributed by atoms with Gasteiger partial charge in [-0.25, -0.2) is 8.78 Å². The smallest absolute Gasteiger partial charge is 0.153 e. The number of nitrogens with one attached hydrogen (secondary N) is 1. The van der Waals surface area contributed by atoms with Crippen LogP contribution in [0.2, 0.25) is 5.15 Å². The van der Waals surface area contributed by atoms with E-state index in [1.54, 1.807) is 6.92 Å².